The molecule has 0 heterocycles. The summed E-state index contributed by atoms with van der Waals surface area (Å²) in [4.78, 5) is 0. The molecular weight excluding hydrogens is 415 g/mol. The third-order valence-electron chi connectivity index (χ3n) is 4.62. The molecule has 0 saturated carbocycles. The van der Waals surface area contributed by atoms with Gasteiger partial charge < -0.3 is 0 Å². The van der Waals surface area contributed by atoms with Crippen LogP contribution in [0.5, 0.6) is 0 Å². The molecule has 0 N–H and O–H groups in total. The van der Waals surface area contributed by atoms with Crippen molar-refractivity contribution in [3.63, 3.8) is 0 Å². The molecule has 3 aromatic rings. The number of hydrogen-bond acceptors (Lipinski definition) is 0. The normalized spacial score (nSPS) is 13.6. The van der Waals surface area contributed by atoms with Gasteiger partial charge in [0.1, 0.15) is 0 Å². The van der Waals surface area contributed by atoms with Crippen LogP contribution < -0.4 is 0 Å². The SMILES string of the molecule is Ic1cccc(-c2ccc(C3=CC=CCC3)c(-c3ccccc3)c2)c1. The first-order valence-electron chi connectivity index (χ1n) is 8.63. The van der Waals surface area contributed by atoms with Crippen LogP contribution in [0.25, 0.3) is 27.8 Å². The van der Waals surface area contributed by atoms with Gasteiger partial charge in [0.05, 0.1) is 0 Å². The molecule has 0 saturated heterocycles. The van der Waals surface area contributed by atoms with Crippen LogP contribution >= 0.6 is 22.6 Å². The summed E-state index contributed by atoms with van der Waals surface area (Å²) >= 11 is 2.38. The standard InChI is InChI=1S/C24H19I/c25-22-13-7-12-20(16-22)21-14-15-23(18-8-3-1-4-9-18)24(17-21)19-10-5-2-6-11-19/h1-3,5-8,10-17H,4,9H2. The van der Waals surface area contributed by atoms with Crippen LogP contribution in [0.2, 0.25) is 0 Å². The molecule has 0 fully saturated rings. The minimum absolute atomic E-state index is 1.11. The third kappa shape index (κ3) is 3.62. The molecule has 0 unspecified atom stereocenters. The number of hydrogen-bond donors (Lipinski definition) is 0. The lowest BCUT2D eigenvalue weighted by molar-refractivity contribution is 1.05. The fourth-order valence-electron chi connectivity index (χ4n) is 3.36. The Labute approximate surface area is 163 Å². The van der Waals surface area contributed by atoms with E-state index < -0.39 is 0 Å². The summed E-state index contributed by atoms with van der Waals surface area (Å²) in [5.41, 5.74) is 7.92. The first kappa shape index (κ1) is 16.3. The van der Waals surface area contributed by atoms with Crippen molar-refractivity contribution in [3.8, 4) is 22.3 Å². The van der Waals surface area contributed by atoms with Crippen LogP contribution in [0.1, 0.15) is 18.4 Å². The van der Waals surface area contributed by atoms with E-state index in [0.717, 1.165) is 12.8 Å². The van der Waals surface area contributed by atoms with Gasteiger partial charge in [-0.15, -0.1) is 0 Å². The first-order valence-corrected chi connectivity index (χ1v) is 9.70. The Morgan fingerprint density at radius 3 is 2.24 bits per heavy atom. The topological polar surface area (TPSA) is 0 Å². The van der Waals surface area contributed by atoms with Crippen molar-refractivity contribution in [3.05, 3.63) is 100 Å². The zero-order valence-electron chi connectivity index (χ0n) is 14.0. The Balaban J connectivity index is 1.88. The van der Waals surface area contributed by atoms with Crippen molar-refractivity contribution in [1.82, 2.24) is 0 Å². The summed E-state index contributed by atoms with van der Waals surface area (Å²) in [5, 5.41) is 0. The Morgan fingerprint density at radius 1 is 0.680 bits per heavy atom. The van der Waals surface area contributed by atoms with Crippen LogP contribution in [0.15, 0.2) is 91.0 Å². The number of rotatable bonds is 3. The zero-order chi connectivity index (χ0) is 17.1. The van der Waals surface area contributed by atoms with E-state index in [1.165, 1.54) is 37.0 Å². The van der Waals surface area contributed by atoms with Gasteiger partial charge >= 0.3 is 0 Å². The second-order valence-electron chi connectivity index (χ2n) is 6.30. The Bertz CT molecular complexity index is 949. The lowest BCUT2D eigenvalue weighted by Gasteiger charge is -2.16. The van der Waals surface area contributed by atoms with E-state index in [4.69, 9.17) is 0 Å². The van der Waals surface area contributed by atoms with Crippen molar-refractivity contribution >= 4 is 28.2 Å². The molecule has 0 radical (unpaired) electrons. The molecule has 0 atom stereocenters. The van der Waals surface area contributed by atoms with Gasteiger partial charge in [0.25, 0.3) is 0 Å². The molecule has 25 heavy (non-hydrogen) atoms. The maximum Gasteiger partial charge on any atom is 0.0136 e. The van der Waals surface area contributed by atoms with E-state index in [1.807, 2.05) is 0 Å². The molecule has 122 valence electrons. The predicted molar refractivity (Wildman–Crippen MR) is 116 cm³/mol. The number of halogens is 1. The molecule has 1 aliphatic carbocycles. The van der Waals surface area contributed by atoms with Crippen molar-refractivity contribution in [2.75, 3.05) is 0 Å². The van der Waals surface area contributed by atoms with Crippen molar-refractivity contribution in [2.45, 2.75) is 12.8 Å². The summed E-state index contributed by atoms with van der Waals surface area (Å²) < 4.78 is 1.26. The van der Waals surface area contributed by atoms with Gasteiger partial charge in [0.2, 0.25) is 0 Å². The molecule has 3 aromatic carbocycles. The molecule has 0 bridgehead atoms. The van der Waals surface area contributed by atoms with Crippen LogP contribution in [0.3, 0.4) is 0 Å². The van der Waals surface area contributed by atoms with Gasteiger partial charge in [-0.05, 0) is 87.0 Å². The smallest absolute Gasteiger partial charge is 0.0136 e. The molecular formula is C24H19I. The Kier molecular flexibility index (Phi) is 4.84. The average molecular weight is 434 g/mol. The zero-order valence-corrected chi connectivity index (χ0v) is 16.1. The minimum Gasteiger partial charge on any atom is -0.0842 e. The largest absolute Gasteiger partial charge is 0.0842 e. The van der Waals surface area contributed by atoms with Crippen LogP contribution in [-0.2, 0) is 0 Å². The summed E-state index contributed by atoms with van der Waals surface area (Å²) in [5.74, 6) is 0. The van der Waals surface area contributed by atoms with Gasteiger partial charge in [-0.25, -0.2) is 0 Å². The van der Waals surface area contributed by atoms with Crippen LogP contribution in [0.4, 0.5) is 0 Å². The second kappa shape index (κ2) is 7.40. The van der Waals surface area contributed by atoms with Gasteiger partial charge in [0, 0.05) is 3.57 Å². The molecule has 1 aliphatic rings. The van der Waals surface area contributed by atoms with Crippen LogP contribution in [-0.4, -0.2) is 0 Å². The molecule has 0 aromatic heterocycles. The van der Waals surface area contributed by atoms with Crippen molar-refractivity contribution < 1.29 is 0 Å². The average Bonchev–Trinajstić information content (AvgIpc) is 2.69. The maximum absolute atomic E-state index is 2.38. The van der Waals surface area contributed by atoms with E-state index in [-0.39, 0.29) is 0 Å². The van der Waals surface area contributed by atoms with Crippen molar-refractivity contribution in [2.24, 2.45) is 0 Å². The fourth-order valence-corrected chi connectivity index (χ4v) is 3.90. The highest BCUT2D eigenvalue weighted by atomic mass is 127. The van der Waals surface area contributed by atoms with Crippen LogP contribution in [0, 0.1) is 3.57 Å². The summed E-state index contributed by atoms with van der Waals surface area (Å²) in [6.45, 7) is 0. The van der Waals surface area contributed by atoms with E-state index in [0.29, 0.717) is 0 Å². The Morgan fingerprint density at radius 2 is 1.48 bits per heavy atom. The van der Waals surface area contributed by atoms with E-state index in [1.54, 1.807) is 0 Å². The van der Waals surface area contributed by atoms with Gasteiger partial charge in [-0.2, -0.15) is 0 Å². The monoisotopic (exact) mass is 434 g/mol. The molecule has 0 aliphatic heterocycles. The number of allylic oxidation sites excluding steroid dienone is 4. The molecule has 0 spiro atoms. The summed E-state index contributed by atoms with van der Waals surface area (Å²) in [7, 11) is 0. The van der Waals surface area contributed by atoms with Crippen molar-refractivity contribution in [1.29, 1.82) is 0 Å². The Hall–Kier alpha value is -2.13. The van der Waals surface area contributed by atoms with Gasteiger partial charge in [-0.1, -0.05) is 72.8 Å². The quantitative estimate of drug-likeness (QED) is 0.378. The van der Waals surface area contributed by atoms with E-state index in [9.17, 15) is 0 Å². The van der Waals surface area contributed by atoms with Gasteiger partial charge in [0.15, 0.2) is 0 Å². The lowest BCUT2D eigenvalue weighted by atomic mass is 9.88. The summed E-state index contributed by atoms with van der Waals surface area (Å²) in [6.07, 6.45) is 8.92. The molecule has 4 rings (SSSR count). The van der Waals surface area contributed by atoms with E-state index in [2.05, 4.69) is 114 Å². The van der Waals surface area contributed by atoms with E-state index >= 15 is 0 Å². The predicted octanol–water partition coefficient (Wildman–Crippen LogP) is 7.36. The second-order valence-corrected chi connectivity index (χ2v) is 7.54. The first-order chi connectivity index (χ1) is 12.3. The highest BCUT2D eigenvalue weighted by Gasteiger charge is 2.12. The molecule has 0 amide bonds. The number of benzene rings is 3. The lowest BCUT2D eigenvalue weighted by Crippen LogP contribution is -1.93. The highest BCUT2D eigenvalue weighted by molar-refractivity contribution is 14.1. The highest BCUT2D eigenvalue weighted by Crippen LogP contribution is 2.36. The third-order valence-corrected chi connectivity index (χ3v) is 5.29. The van der Waals surface area contributed by atoms with Gasteiger partial charge in [-0.3, -0.25) is 0 Å². The minimum atomic E-state index is 1.11. The summed E-state index contributed by atoms with van der Waals surface area (Å²) in [6, 6.07) is 26.3. The maximum atomic E-state index is 2.38. The molecule has 1 heteroatoms. The fraction of sp³-hybridized carbons (Fsp3) is 0.0833. The molecule has 0 nitrogen and oxygen atoms in total.